The fourth-order valence-electron chi connectivity index (χ4n) is 1.76. The summed E-state index contributed by atoms with van der Waals surface area (Å²) in [4.78, 5) is 20.2. The summed E-state index contributed by atoms with van der Waals surface area (Å²) in [6.07, 6.45) is 4.08. The van der Waals surface area contributed by atoms with Gasteiger partial charge in [0.1, 0.15) is 0 Å². The minimum atomic E-state index is -0.169. The van der Waals surface area contributed by atoms with Gasteiger partial charge in [-0.2, -0.15) is 0 Å². The molecule has 1 amide bonds. The van der Waals surface area contributed by atoms with Crippen molar-refractivity contribution >= 4 is 11.9 Å². The molecular formula is C16H20N4O. The first-order valence-electron chi connectivity index (χ1n) is 7.08. The van der Waals surface area contributed by atoms with Crippen LogP contribution in [0, 0.1) is 6.92 Å². The first-order valence-corrected chi connectivity index (χ1v) is 7.08. The van der Waals surface area contributed by atoms with Crippen molar-refractivity contribution in [1.82, 2.24) is 15.3 Å². The molecule has 0 saturated heterocycles. The Hall–Kier alpha value is -2.43. The average Bonchev–Trinajstić information content (AvgIpc) is 2.52. The van der Waals surface area contributed by atoms with E-state index in [0.29, 0.717) is 18.1 Å². The molecule has 0 fully saturated rings. The largest absolute Gasteiger partial charge is 0.354 e. The van der Waals surface area contributed by atoms with Gasteiger partial charge in [0.2, 0.25) is 5.95 Å². The van der Waals surface area contributed by atoms with Crippen LogP contribution in [-0.2, 0) is 6.54 Å². The van der Waals surface area contributed by atoms with Gasteiger partial charge in [0.05, 0.1) is 5.56 Å². The Morgan fingerprint density at radius 1 is 1.14 bits per heavy atom. The number of amides is 1. The lowest BCUT2D eigenvalue weighted by Gasteiger charge is -2.06. The van der Waals surface area contributed by atoms with E-state index >= 15 is 0 Å². The Labute approximate surface area is 124 Å². The van der Waals surface area contributed by atoms with Crippen LogP contribution in [0.25, 0.3) is 0 Å². The van der Waals surface area contributed by atoms with Crippen molar-refractivity contribution in [2.75, 3.05) is 11.9 Å². The van der Waals surface area contributed by atoms with Crippen LogP contribution in [0.5, 0.6) is 0 Å². The SMILES string of the molecule is CCCNc1ncc(C(=O)NCc2ccc(C)cc2)cn1. The number of hydrogen-bond donors (Lipinski definition) is 2. The minimum absolute atomic E-state index is 0.169. The van der Waals surface area contributed by atoms with Crippen LogP contribution in [0.1, 0.15) is 34.8 Å². The summed E-state index contributed by atoms with van der Waals surface area (Å²) in [6, 6.07) is 8.06. The molecule has 1 aromatic heterocycles. The lowest BCUT2D eigenvalue weighted by atomic mass is 10.1. The van der Waals surface area contributed by atoms with Gasteiger partial charge >= 0.3 is 0 Å². The molecular weight excluding hydrogens is 264 g/mol. The molecule has 5 heteroatoms. The maximum absolute atomic E-state index is 12.0. The number of aromatic nitrogens is 2. The summed E-state index contributed by atoms with van der Waals surface area (Å²) in [5, 5.41) is 5.93. The summed E-state index contributed by atoms with van der Waals surface area (Å²) in [5.74, 6) is 0.379. The molecule has 2 aromatic rings. The van der Waals surface area contributed by atoms with Crippen molar-refractivity contribution in [2.45, 2.75) is 26.8 Å². The zero-order chi connectivity index (χ0) is 15.1. The van der Waals surface area contributed by atoms with Crippen LogP contribution in [0.2, 0.25) is 0 Å². The molecule has 0 bridgehead atoms. The van der Waals surface area contributed by atoms with Crippen LogP contribution >= 0.6 is 0 Å². The van der Waals surface area contributed by atoms with Crippen molar-refractivity contribution in [3.05, 3.63) is 53.3 Å². The Morgan fingerprint density at radius 2 is 1.81 bits per heavy atom. The highest BCUT2D eigenvalue weighted by Gasteiger charge is 2.06. The monoisotopic (exact) mass is 284 g/mol. The zero-order valence-electron chi connectivity index (χ0n) is 12.4. The number of nitrogens with one attached hydrogen (secondary N) is 2. The van der Waals surface area contributed by atoms with Gasteiger partial charge in [0, 0.05) is 25.5 Å². The first kappa shape index (κ1) is 15.0. The predicted octanol–water partition coefficient (Wildman–Crippen LogP) is 2.54. The van der Waals surface area contributed by atoms with Crippen molar-refractivity contribution in [2.24, 2.45) is 0 Å². The highest BCUT2D eigenvalue weighted by Crippen LogP contribution is 2.04. The number of nitrogens with zero attached hydrogens (tertiary/aromatic N) is 2. The topological polar surface area (TPSA) is 66.9 Å². The minimum Gasteiger partial charge on any atom is -0.354 e. The van der Waals surface area contributed by atoms with Gasteiger partial charge in [-0.3, -0.25) is 4.79 Å². The van der Waals surface area contributed by atoms with Crippen LogP contribution < -0.4 is 10.6 Å². The Balaban J connectivity index is 1.89. The molecule has 1 heterocycles. The average molecular weight is 284 g/mol. The summed E-state index contributed by atoms with van der Waals surface area (Å²) in [7, 11) is 0. The lowest BCUT2D eigenvalue weighted by molar-refractivity contribution is 0.0950. The molecule has 0 aliphatic rings. The number of carbonyl (C=O) groups excluding carboxylic acids is 1. The Kier molecular flexibility index (Phi) is 5.26. The molecule has 2 N–H and O–H groups in total. The molecule has 110 valence electrons. The van der Waals surface area contributed by atoms with Gasteiger partial charge in [-0.05, 0) is 18.9 Å². The van der Waals surface area contributed by atoms with Crippen LogP contribution in [0.3, 0.4) is 0 Å². The van der Waals surface area contributed by atoms with Crippen LogP contribution in [0.15, 0.2) is 36.7 Å². The van der Waals surface area contributed by atoms with Crippen molar-refractivity contribution < 1.29 is 4.79 Å². The van der Waals surface area contributed by atoms with E-state index in [2.05, 4.69) is 27.5 Å². The van der Waals surface area contributed by atoms with E-state index < -0.39 is 0 Å². The first-order chi connectivity index (χ1) is 10.2. The van der Waals surface area contributed by atoms with Crippen molar-refractivity contribution in [3.8, 4) is 0 Å². The molecule has 0 aliphatic heterocycles. The Bertz CT molecular complexity index is 578. The summed E-state index contributed by atoms with van der Waals surface area (Å²) in [5.41, 5.74) is 2.73. The predicted molar refractivity (Wildman–Crippen MR) is 83.2 cm³/mol. The van der Waals surface area contributed by atoms with Gasteiger partial charge in [-0.25, -0.2) is 9.97 Å². The smallest absolute Gasteiger partial charge is 0.254 e. The normalized spacial score (nSPS) is 10.2. The fourth-order valence-corrected chi connectivity index (χ4v) is 1.76. The van der Waals surface area contributed by atoms with E-state index in [0.717, 1.165) is 18.5 Å². The van der Waals surface area contributed by atoms with E-state index in [1.54, 1.807) is 0 Å². The molecule has 0 atom stereocenters. The lowest BCUT2D eigenvalue weighted by Crippen LogP contribution is -2.23. The maximum atomic E-state index is 12.0. The van der Waals surface area contributed by atoms with E-state index in [9.17, 15) is 4.79 Å². The van der Waals surface area contributed by atoms with Crippen molar-refractivity contribution in [1.29, 1.82) is 0 Å². The standard InChI is InChI=1S/C16H20N4O/c1-3-8-17-16-19-10-14(11-20-16)15(21)18-9-13-6-4-12(2)5-7-13/h4-7,10-11H,3,8-9H2,1-2H3,(H,18,21)(H,17,19,20). The second-order valence-electron chi connectivity index (χ2n) is 4.89. The molecule has 2 rings (SSSR count). The molecule has 5 nitrogen and oxygen atoms in total. The number of benzene rings is 1. The van der Waals surface area contributed by atoms with Gasteiger partial charge in [0.25, 0.3) is 5.91 Å². The van der Waals surface area contributed by atoms with E-state index in [4.69, 9.17) is 0 Å². The second kappa shape index (κ2) is 7.38. The third kappa shape index (κ3) is 4.56. The van der Waals surface area contributed by atoms with Crippen LogP contribution in [0.4, 0.5) is 5.95 Å². The van der Waals surface area contributed by atoms with Gasteiger partial charge in [0.15, 0.2) is 0 Å². The van der Waals surface area contributed by atoms with Gasteiger partial charge < -0.3 is 10.6 Å². The van der Waals surface area contributed by atoms with E-state index in [1.165, 1.54) is 18.0 Å². The molecule has 21 heavy (non-hydrogen) atoms. The zero-order valence-corrected chi connectivity index (χ0v) is 12.4. The number of hydrogen-bond acceptors (Lipinski definition) is 4. The fraction of sp³-hybridized carbons (Fsp3) is 0.312. The molecule has 0 spiro atoms. The van der Waals surface area contributed by atoms with E-state index in [-0.39, 0.29) is 5.91 Å². The summed E-state index contributed by atoms with van der Waals surface area (Å²) in [6.45, 7) is 5.42. The molecule has 0 saturated carbocycles. The highest BCUT2D eigenvalue weighted by atomic mass is 16.1. The summed E-state index contributed by atoms with van der Waals surface area (Å²) >= 11 is 0. The molecule has 0 unspecified atom stereocenters. The Morgan fingerprint density at radius 3 is 2.43 bits per heavy atom. The van der Waals surface area contributed by atoms with Crippen molar-refractivity contribution in [3.63, 3.8) is 0 Å². The molecule has 1 aromatic carbocycles. The van der Waals surface area contributed by atoms with Gasteiger partial charge in [-0.15, -0.1) is 0 Å². The number of aryl methyl sites for hydroxylation is 1. The van der Waals surface area contributed by atoms with E-state index in [1.807, 2.05) is 31.2 Å². The van der Waals surface area contributed by atoms with Crippen LogP contribution in [-0.4, -0.2) is 22.4 Å². The number of rotatable bonds is 6. The number of anilines is 1. The third-order valence-corrected chi connectivity index (χ3v) is 3.02. The maximum Gasteiger partial charge on any atom is 0.254 e. The summed E-state index contributed by atoms with van der Waals surface area (Å²) < 4.78 is 0. The molecule has 0 aliphatic carbocycles. The molecule has 0 radical (unpaired) electrons. The van der Waals surface area contributed by atoms with Gasteiger partial charge in [-0.1, -0.05) is 36.8 Å². The highest BCUT2D eigenvalue weighted by molar-refractivity contribution is 5.93. The second-order valence-corrected chi connectivity index (χ2v) is 4.89. The quantitative estimate of drug-likeness (QED) is 0.855. The number of carbonyl (C=O) groups is 1. The third-order valence-electron chi connectivity index (χ3n) is 3.02.